The number of esters is 2. The summed E-state index contributed by atoms with van der Waals surface area (Å²) < 4.78 is 34.1. The summed E-state index contributed by atoms with van der Waals surface area (Å²) in [5, 5.41) is 0.346. The van der Waals surface area contributed by atoms with E-state index in [1.807, 2.05) is 0 Å². The van der Waals surface area contributed by atoms with E-state index in [1.54, 1.807) is 44.2 Å². The molecule has 1 rings (SSSR count). The van der Waals surface area contributed by atoms with E-state index in [9.17, 15) is 14.2 Å². The van der Waals surface area contributed by atoms with Crippen molar-refractivity contribution in [3.05, 3.63) is 54.6 Å². The largest absolute Gasteiger partial charge is 0.443 e. The molecular weight excluding hydrogens is 454 g/mol. The van der Waals surface area contributed by atoms with Gasteiger partial charge in [0.2, 0.25) is 0 Å². The van der Waals surface area contributed by atoms with E-state index in [1.165, 1.54) is 24.3 Å². The van der Waals surface area contributed by atoms with Gasteiger partial charge in [0.25, 0.3) is 0 Å². The van der Waals surface area contributed by atoms with Crippen molar-refractivity contribution >= 4 is 48.0 Å². The fourth-order valence-corrected chi connectivity index (χ4v) is 4.00. The highest BCUT2D eigenvalue weighted by atomic mass is 35.5. The van der Waals surface area contributed by atoms with Gasteiger partial charge in [-0.05, 0) is 26.0 Å². The van der Waals surface area contributed by atoms with Crippen LogP contribution in [-0.4, -0.2) is 36.3 Å². The Morgan fingerprint density at radius 3 is 1.73 bits per heavy atom. The van der Waals surface area contributed by atoms with Crippen LogP contribution in [0.15, 0.2) is 54.6 Å². The lowest BCUT2D eigenvalue weighted by atomic mass is 10.4. The van der Waals surface area contributed by atoms with Crippen LogP contribution in [0, 0.1) is 0 Å². The maximum Gasteiger partial charge on any atom is 0.361 e. The Kier molecular flexibility index (Phi) is 12.7. The summed E-state index contributed by atoms with van der Waals surface area (Å²) >= 11 is 11.9. The molecule has 1 aromatic rings. The predicted molar refractivity (Wildman–Crippen MR) is 116 cm³/mol. The smallest absolute Gasteiger partial charge is 0.361 e. The minimum absolute atomic E-state index is 0.0793. The summed E-state index contributed by atoms with van der Waals surface area (Å²) in [6.07, 6.45) is 5.73. The normalized spacial score (nSPS) is 15.6. The number of hydrogen-bond acceptors (Lipinski definition) is 7. The summed E-state index contributed by atoms with van der Waals surface area (Å²) in [5.74, 6) is -1.17. The van der Waals surface area contributed by atoms with Crippen LogP contribution in [0.1, 0.15) is 26.7 Å². The molecule has 0 aliphatic heterocycles. The van der Waals surface area contributed by atoms with Crippen molar-refractivity contribution in [3.8, 4) is 0 Å². The highest BCUT2D eigenvalue weighted by molar-refractivity contribution is 7.62. The van der Waals surface area contributed by atoms with Crippen LogP contribution < -0.4 is 5.30 Å². The molecule has 0 N–H and O–H groups in total. The average Bonchev–Trinajstić information content (AvgIpc) is 2.69. The topological polar surface area (TPSA) is 88.1 Å². The maximum atomic E-state index is 13.3. The van der Waals surface area contributed by atoms with Crippen molar-refractivity contribution in [1.29, 1.82) is 0 Å². The standard InChI is InChI=1S/C20H25Cl2O7P/c1-3-8-19(23)28-17(21)12-14-26-30(25,16-10-6-5-7-11-16)27-15-13-18(22)29-20(24)9-4-2/h3-11,17-18H,12-15H2,1-2H3. The third-order valence-electron chi connectivity index (χ3n) is 3.38. The van der Waals surface area contributed by atoms with Gasteiger partial charge in [-0.3, -0.25) is 4.57 Å². The number of halogens is 2. The SMILES string of the molecule is CC=CC(=O)OC(Cl)CCOP(=O)(OCCC(Cl)OC(=O)C=CC)c1ccccc1. The first-order valence-corrected chi connectivity index (χ1v) is 11.6. The summed E-state index contributed by atoms with van der Waals surface area (Å²) in [6, 6.07) is 8.37. The molecule has 0 aliphatic carbocycles. The van der Waals surface area contributed by atoms with Crippen LogP contribution in [-0.2, 0) is 32.7 Å². The van der Waals surface area contributed by atoms with Gasteiger partial charge in [-0.25, -0.2) is 9.59 Å². The van der Waals surface area contributed by atoms with E-state index in [4.69, 9.17) is 41.7 Å². The molecular formula is C20H25Cl2O7P. The zero-order valence-electron chi connectivity index (χ0n) is 16.7. The van der Waals surface area contributed by atoms with Crippen LogP contribution in [0.4, 0.5) is 0 Å². The van der Waals surface area contributed by atoms with Crippen LogP contribution in [0.5, 0.6) is 0 Å². The van der Waals surface area contributed by atoms with E-state index in [0.717, 1.165) is 0 Å². The van der Waals surface area contributed by atoms with Crippen LogP contribution in [0.3, 0.4) is 0 Å². The fraction of sp³-hybridized carbons (Fsp3) is 0.400. The molecule has 0 radical (unpaired) electrons. The molecule has 0 spiro atoms. The minimum atomic E-state index is -3.70. The third kappa shape index (κ3) is 10.4. The van der Waals surface area contributed by atoms with Crippen molar-refractivity contribution in [3.63, 3.8) is 0 Å². The number of hydrogen-bond donors (Lipinski definition) is 0. The maximum absolute atomic E-state index is 13.3. The average molecular weight is 479 g/mol. The highest BCUT2D eigenvalue weighted by Gasteiger charge is 2.28. The van der Waals surface area contributed by atoms with E-state index in [0.29, 0.717) is 5.30 Å². The lowest BCUT2D eigenvalue weighted by Gasteiger charge is -2.20. The van der Waals surface area contributed by atoms with E-state index < -0.39 is 30.7 Å². The first-order valence-electron chi connectivity index (χ1n) is 9.20. The first kappa shape index (κ1) is 26.4. The molecule has 166 valence electrons. The van der Waals surface area contributed by atoms with Gasteiger partial charge in [-0.2, -0.15) is 0 Å². The number of carbonyl (C=O) groups excluding carboxylic acids is 2. The van der Waals surface area contributed by atoms with E-state index >= 15 is 0 Å². The Labute approximate surface area is 186 Å². The summed E-state index contributed by atoms with van der Waals surface area (Å²) in [6.45, 7) is 3.19. The highest BCUT2D eigenvalue weighted by Crippen LogP contribution is 2.47. The number of allylic oxidation sites excluding steroid dienone is 2. The van der Waals surface area contributed by atoms with Gasteiger partial charge >= 0.3 is 19.5 Å². The Balaban J connectivity index is 2.64. The lowest BCUT2D eigenvalue weighted by Crippen LogP contribution is -2.17. The monoisotopic (exact) mass is 478 g/mol. The van der Waals surface area contributed by atoms with Gasteiger partial charge in [0, 0.05) is 25.0 Å². The van der Waals surface area contributed by atoms with Gasteiger partial charge in [0.15, 0.2) is 11.1 Å². The molecule has 0 aromatic heterocycles. The van der Waals surface area contributed by atoms with Gasteiger partial charge < -0.3 is 18.5 Å². The molecule has 0 saturated heterocycles. The Hall–Kier alpha value is -1.63. The van der Waals surface area contributed by atoms with Crippen molar-refractivity contribution < 1.29 is 32.7 Å². The van der Waals surface area contributed by atoms with Crippen molar-refractivity contribution in [2.24, 2.45) is 0 Å². The molecule has 0 saturated carbocycles. The Morgan fingerprint density at radius 1 is 0.900 bits per heavy atom. The van der Waals surface area contributed by atoms with Crippen molar-refractivity contribution in [2.75, 3.05) is 13.2 Å². The molecule has 0 bridgehead atoms. The minimum Gasteiger partial charge on any atom is -0.443 e. The Bertz CT molecular complexity index is 726. The second-order valence-corrected chi connectivity index (χ2v) is 8.77. The lowest BCUT2D eigenvalue weighted by molar-refractivity contribution is -0.140. The van der Waals surface area contributed by atoms with Crippen molar-refractivity contribution in [2.45, 2.75) is 37.8 Å². The molecule has 7 nitrogen and oxygen atoms in total. The number of rotatable bonds is 13. The van der Waals surface area contributed by atoms with E-state index in [-0.39, 0.29) is 26.1 Å². The quantitative estimate of drug-likeness (QED) is 0.176. The van der Waals surface area contributed by atoms with E-state index in [2.05, 4.69) is 0 Å². The molecule has 2 atom stereocenters. The number of ether oxygens (including phenoxy) is 2. The predicted octanol–water partition coefficient (Wildman–Crippen LogP) is 4.69. The number of carbonyl (C=O) groups is 2. The fourth-order valence-electron chi connectivity index (χ4n) is 2.05. The van der Waals surface area contributed by atoms with Gasteiger partial charge in [-0.15, -0.1) is 0 Å². The summed E-state index contributed by atoms with van der Waals surface area (Å²) in [7, 11) is -3.70. The zero-order chi connectivity index (χ0) is 22.4. The molecule has 10 heteroatoms. The molecule has 0 fully saturated rings. The summed E-state index contributed by atoms with van der Waals surface area (Å²) in [5.41, 5.74) is -1.90. The van der Waals surface area contributed by atoms with Crippen LogP contribution >= 0.6 is 30.8 Å². The van der Waals surface area contributed by atoms with Crippen molar-refractivity contribution in [1.82, 2.24) is 0 Å². The van der Waals surface area contributed by atoms with Crippen LogP contribution in [0.2, 0.25) is 0 Å². The van der Waals surface area contributed by atoms with Gasteiger partial charge in [0.1, 0.15) is 0 Å². The number of benzene rings is 1. The third-order valence-corrected chi connectivity index (χ3v) is 5.97. The molecule has 2 unspecified atom stereocenters. The second kappa shape index (κ2) is 14.4. The van der Waals surface area contributed by atoms with Crippen LogP contribution in [0.25, 0.3) is 0 Å². The molecule has 30 heavy (non-hydrogen) atoms. The number of alkyl halides is 2. The second-order valence-electron chi connectivity index (χ2n) is 5.77. The first-order chi connectivity index (χ1) is 14.3. The molecule has 0 heterocycles. The van der Waals surface area contributed by atoms with Gasteiger partial charge in [-0.1, -0.05) is 53.6 Å². The molecule has 0 aliphatic rings. The summed E-state index contributed by atoms with van der Waals surface area (Å²) in [4.78, 5) is 22.8. The molecule has 1 aromatic carbocycles. The van der Waals surface area contributed by atoms with Gasteiger partial charge in [0.05, 0.1) is 18.5 Å². The zero-order valence-corrected chi connectivity index (χ0v) is 19.1. The Morgan fingerprint density at radius 2 is 1.33 bits per heavy atom. The molecule has 0 amide bonds.